The number of hydrogen-bond donors (Lipinski definition) is 3. The fraction of sp³-hybridized carbons (Fsp3) is 0.615. The first-order chi connectivity index (χ1) is 9.37. The predicted molar refractivity (Wildman–Crippen MR) is 77.0 cm³/mol. The first-order valence-corrected chi connectivity index (χ1v) is 8.31. The molecule has 1 saturated carbocycles. The maximum atomic E-state index is 12.6. The average Bonchev–Trinajstić information content (AvgIpc) is 2.38. The summed E-state index contributed by atoms with van der Waals surface area (Å²) in [6.45, 7) is 0. The molecular weight excluding hydrogens is 278 g/mol. The molecule has 0 bridgehead atoms. The number of nitrogens with two attached hydrogens (primary N) is 2. The quantitative estimate of drug-likeness (QED) is 0.723. The third-order valence-corrected chi connectivity index (χ3v) is 6.28. The summed E-state index contributed by atoms with van der Waals surface area (Å²) in [7, 11) is -3.91. The summed E-state index contributed by atoms with van der Waals surface area (Å²) in [5.41, 5.74) is 11.4. The van der Waals surface area contributed by atoms with Crippen LogP contribution in [0.15, 0.2) is 23.9 Å². The highest BCUT2D eigenvalue weighted by Gasteiger charge is 2.49. The highest BCUT2D eigenvalue weighted by atomic mass is 32.2. The molecule has 2 aliphatic rings. The highest BCUT2D eigenvalue weighted by molar-refractivity contribution is 7.91. The number of hydrogen-bond acceptors (Lipinski definition) is 4. The van der Waals surface area contributed by atoms with Gasteiger partial charge in [0.2, 0.25) is 10.0 Å². The molecule has 0 aromatic rings. The van der Waals surface area contributed by atoms with Gasteiger partial charge in [0.1, 0.15) is 4.75 Å². The van der Waals surface area contributed by atoms with E-state index in [-0.39, 0.29) is 12.3 Å². The van der Waals surface area contributed by atoms with E-state index in [1.54, 1.807) is 18.2 Å². The summed E-state index contributed by atoms with van der Waals surface area (Å²) in [5.74, 6) is -0.0448. The molecule has 0 aliphatic heterocycles. The van der Waals surface area contributed by atoms with Crippen molar-refractivity contribution in [1.82, 2.24) is 4.72 Å². The molecule has 0 aromatic heterocycles. The van der Waals surface area contributed by atoms with Gasteiger partial charge in [-0.25, -0.2) is 17.9 Å². The van der Waals surface area contributed by atoms with Gasteiger partial charge in [0.05, 0.1) is 0 Å². The largest absolute Gasteiger partial charge is 0.402 e. The summed E-state index contributed by atoms with van der Waals surface area (Å²) in [5, 5.41) is 0. The summed E-state index contributed by atoms with van der Waals surface area (Å²) in [4.78, 5) is 11.0. The summed E-state index contributed by atoms with van der Waals surface area (Å²) >= 11 is 0. The second-order valence-electron chi connectivity index (χ2n) is 5.54. The van der Waals surface area contributed by atoms with Gasteiger partial charge in [0.25, 0.3) is 0 Å². The van der Waals surface area contributed by atoms with Gasteiger partial charge in [-0.2, -0.15) is 0 Å². The number of urea groups is 1. The molecule has 2 amide bonds. The van der Waals surface area contributed by atoms with Crippen LogP contribution in [-0.2, 0) is 10.0 Å². The van der Waals surface area contributed by atoms with Crippen LogP contribution in [-0.4, -0.2) is 19.2 Å². The molecule has 1 fully saturated rings. The molecule has 0 aromatic carbocycles. The third kappa shape index (κ3) is 2.67. The van der Waals surface area contributed by atoms with E-state index < -0.39 is 20.8 Å². The van der Waals surface area contributed by atoms with Crippen molar-refractivity contribution in [2.75, 3.05) is 0 Å². The normalized spacial score (nSPS) is 27.9. The van der Waals surface area contributed by atoms with Crippen molar-refractivity contribution in [3.63, 3.8) is 0 Å². The van der Waals surface area contributed by atoms with E-state index in [0.29, 0.717) is 5.70 Å². The van der Waals surface area contributed by atoms with Crippen LogP contribution in [0.5, 0.6) is 0 Å². The zero-order valence-corrected chi connectivity index (χ0v) is 12.2. The number of allylic oxidation sites excluding steroid dienone is 3. The first-order valence-electron chi connectivity index (χ1n) is 6.83. The Bertz CT molecular complexity index is 547. The van der Waals surface area contributed by atoms with Crippen LogP contribution >= 0.6 is 0 Å². The van der Waals surface area contributed by atoms with Crippen molar-refractivity contribution in [2.45, 2.75) is 43.3 Å². The molecule has 7 heteroatoms. The summed E-state index contributed by atoms with van der Waals surface area (Å²) < 4.78 is 26.0. The number of nitrogens with one attached hydrogen (secondary N) is 1. The molecule has 0 saturated heterocycles. The lowest BCUT2D eigenvalue weighted by molar-refractivity contribution is 0.252. The number of amides is 2. The number of carbonyl (C=O) groups is 1. The number of carbonyl (C=O) groups excluding carboxylic acids is 1. The minimum atomic E-state index is -3.91. The molecule has 0 heterocycles. The van der Waals surface area contributed by atoms with E-state index in [2.05, 4.69) is 0 Å². The monoisotopic (exact) mass is 299 g/mol. The standard InChI is InChI=1S/C13H21N3O3S/c14-11-7-4-8-13(9-11,10-5-2-1-3-6-10)20(18,19)16-12(15)17/h4,7-8,10H,1-3,5-6,9,14H2,(H3,15,16,17). The fourth-order valence-electron chi connectivity index (χ4n) is 3.27. The van der Waals surface area contributed by atoms with Crippen LogP contribution in [0.2, 0.25) is 0 Å². The van der Waals surface area contributed by atoms with E-state index in [1.807, 2.05) is 4.72 Å². The van der Waals surface area contributed by atoms with Crippen LogP contribution in [0.4, 0.5) is 4.79 Å². The van der Waals surface area contributed by atoms with Crippen molar-refractivity contribution >= 4 is 16.1 Å². The fourth-order valence-corrected chi connectivity index (χ4v) is 5.02. The van der Waals surface area contributed by atoms with Crippen LogP contribution in [0.3, 0.4) is 0 Å². The first kappa shape index (κ1) is 14.9. The van der Waals surface area contributed by atoms with E-state index in [0.717, 1.165) is 32.1 Å². The van der Waals surface area contributed by atoms with Crippen molar-refractivity contribution in [3.8, 4) is 0 Å². The molecule has 2 rings (SSSR count). The lowest BCUT2D eigenvalue weighted by Crippen LogP contribution is -2.54. The van der Waals surface area contributed by atoms with E-state index in [4.69, 9.17) is 11.5 Å². The SMILES string of the molecule is NC(=O)NS(=O)(=O)C1(C2CCCCC2)C=CC=C(N)C1. The third-order valence-electron chi connectivity index (χ3n) is 4.20. The number of rotatable bonds is 3. The second-order valence-corrected chi connectivity index (χ2v) is 7.51. The molecule has 6 nitrogen and oxygen atoms in total. The van der Waals surface area contributed by atoms with E-state index in [1.165, 1.54) is 0 Å². The van der Waals surface area contributed by atoms with Crippen LogP contribution < -0.4 is 16.2 Å². The molecule has 5 N–H and O–H groups in total. The molecular formula is C13H21N3O3S. The Labute approximate surface area is 119 Å². The Kier molecular flexibility index (Phi) is 4.08. The maximum absolute atomic E-state index is 12.6. The summed E-state index contributed by atoms with van der Waals surface area (Å²) in [6.07, 6.45) is 9.96. The Hall–Kier alpha value is -1.50. The zero-order valence-electron chi connectivity index (χ0n) is 11.3. The Morgan fingerprint density at radius 2 is 1.95 bits per heavy atom. The summed E-state index contributed by atoms with van der Waals surface area (Å²) in [6, 6.07) is -1.05. The highest BCUT2D eigenvalue weighted by Crippen LogP contribution is 2.43. The maximum Gasteiger partial charge on any atom is 0.325 e. The number of primary amides is 1. The van der Waals surface area contributed by atoms with Crippen molar-refractivity contribution < 1.29 is 13.2 Å². The Balaban J connectivity index is 2.42. The van der Waals surface area contributed by atoms with Gasteiger partial charge in [-0.3, -0.25) is 0 Å². The minimum Gasteiger partial charge on any atom is -0.402 e. The Morgan fingerprint density at radius 1 is 1.30 bits per heavy atom. The predicted octanol–water partition coefficient (Wildman–Crippen LogP) is 1.11. The topological polar surface area (TPSA) is 115 Å². The van der Waals surface area contributed by atoms with E-state index in [9.17, 15) is 13.2 Å². The van der Waals surface area contributed by atoms with Gasteiger partial charge in [0, 0.05) is 12.1 Å². The van der Waals surface area contributed by atoms with Gasteiger partial charge in [0.15, 0.2) is 0 Å². The zero-order chi connectivity index (χ0) is 14.8. The molecule has 2 aliphatic carbocycles. The van der Waals surface area contributed by atoms with Gasteiger partial charge in [-0.15, -0.1) is 0 Å². The smallest absolute Gasteiger partial charge is 0.325 e. The van der Waals surface area contributed by atoms with Crippen molar-refractivity contribution in [2.24, 2.45) is 17.4 Å². The molecule has 1 unspecified atom stereocenters. The van der Waals surface area contributed by atoms with Crippen LogP contribution in [0, 0.1) is 5.92 Å². The van der Waals surface area contributed by atoms with E-state index >= 15 is 0 Å². The van der Waals surface area contributed by atoms with Crippen LogP contribution in [0.1, 0.15) is 38.5 Å². The van der Waals surface area contributed by atoms with Crippen molar-refractivity contribution in [1.29, 1.82) is 0 Å². The molecule has 0 radical (unpaired) electrons. The van der Waals surface area contributed by atoms with Crippen LogP contribution in [0.25, 0.3) is 0 Å². The lowest BCUT2D eigenvalue weighted by Gasteiger charge is -2.40. The molecule has 112 valence electrons. The number of sulfonamides is 1. The lowest BCUT2D eigenvalue weighted by atomic mass is 9.76. The van der Waals surface area contributed by atoms with Gasteiger partial charge in [-0.1, -0.05) is 31.4 Å². The van der Waals surface area contributed by atoms with Gasteiger partial charge >= 0.3 is 6.03 Å². The van der Waals surface area contributed by atoms with Gasteiger partial charge < -0.3 is 11.5 Å². The van der Waals surface area contributed by atoms with Gasteiger partial charge in [-0.05, 0) is 24.8 Å². The average molecular weight is 299 g/mol. The molecule has 0 spiro atoms. The van der Waals surface area contributed by atoms with Crippen molar-refractivity contribution in [3.05, 3.63) is 23.9 Å². The Morgan fingerprint density at radius 3 is 2.50 bits per heavy atom. The molecule has 1 atom stereocenters. The molecule has 20 heavy (non-hydrogen) atoms. The minimum absolute atomic E-state index is 0.0448. The second kappa shape index (κ2) is 5.47.